The predicted octanol–water partition coefficient (Wildman–Crippen LogP) is 5.13. The highest BCUT2D eigenvalue weighted by Gasteiger charge is 2.32. The van der Waals surface area contributed by atoms with E-state index >= 15 is 0 Å². The fourth-order valence-corrected chi connectivity index (χ4v) is 5.43. The van der Waals surface area contributed by atoms with Crippen molar-refractivity contribution in [3.63, 3.8) is 0 Å². The van der Waals surface area contributed by atoms with Crippen molar-refractivity contribution >= 4 is 50.7 Å². The molecule has 0 aliphatic carbocycles. The largest absolute Gasteiger partial charge is 0.352 e. The second kappa shape index (κ2) is 12.4. The molecule has 2 amide bonds. The molecule has 0 fully saturated rings. The van der Waals surface area contributed by atoms with Gasteiger partial charge in [0, 0.05) is 22.6 Å². The molecule has 37 heavy (non-hydrogen) atoms. The van der Waals surface area contributed by atoms with Crippen LogP contribution in [0.15, 0.2) is 83.8 Å². The van der Waals surface area contributed by atoms with Gasteiger partial charge < -0.3 is 10.2 Å². The maximum absolute atomic E-state index is 13.8. The van der Waals surface area contributed by atoms with Crippen LogP contribution in [0.25, 0.3) is 0 Å². The number of rotatable bonds is 10. The number of benzene rings is 3. The minimum Gasteiger partial charge on any atom is -0.352 e. The van der Waals surface area contributed by atoms with Crippen molar-refractivity contribution in [1.29, 1.82) is 0 Å². The van der Waals surface area contributed by atoms with Gasteiger partial charge >= 0.3 is 0 Å². The van der Waals surface area contributed by atoms with Gasteiger partial charge in [0.25, 0.3) is 10.0 Å². The lowest BCUT2D eigenvalue weighted by Gasteiger charge is -2.32. The van der Waals surface area contributed by atoms with Crippen molar-refractivity contribution < 1.29 is 18.0 Å². The van der Waals surface area contributed by atoms with Crippen molar-refractivity contribution in [3.8, 4) is 0 Å². The Morgan fingerprint density at radius 1 is 0.865 bits per heavy atom. The molecule has 0 saturated heterocycles. The van der Waals surface area contributed by atoms with Crippen LogP contribution in [0.1, 0.15) is 26.3 Å². The lowest BCUT2D eigenvalue weighted by atomic mass is 10.1. The van der Waals surface area contributed by atoms with Gasteiger partial charge in [-0.2, -0.15) is 0 Å². The lowest BCUT2D eigenvalue weighted by Crippen LogP contribution is -2.52. The minimum absolute atomic E-state index is 0.0134. The van der Waals surface area contributed by atoms with Crippen molar-refractivity contribution in [2.24, 2.45) is 0 Å². The maximum Gasteiger partial charge on any atom is 0.264 e. The number of hydrogen-bond acceptors (Lipinski definition) is 4. The molecular formula is C27H29Cl2N3O4S. The number of nitrogens with zero attached hydrogens (tertiary/aromatic N) is 2. The Bertz CT molecular complexity index is 1330. The normalized spacial score (nSPS) is 12.2. The Morgan fingerprint density at radius 2 is 1.51 bits per heavy atom. The van der Waals surface area contributed by atoms with E-state index in [0.717, 1.165) is 4.31 Å². The van der Waals surface area contributed by atoms with Gasteiger partial charge in [-0.1, -0.05) is 53.5 Å². The van der Waals surface area contributed by atoms with E-state index < -0.39 is 28.5 Å². The number of carbonyl (C=O) groups excluding carboxylic acids is 2. The molecule has 10 heteroatoms. The minimum atomic E-state index is -4.14. The zero-order valence-electron chi connectivity index (χ0n) is 20.8. The zero-order valence-corrected chi connectivity index (χ0v) is 23.1. The second-order valence-corrected chi connectivity index (χ2v) is 11.5. The molecule has 0 spiro atoms. The van der Waals surface area contributed by atoms with Gasteiger partial charge in [0.15, 0.2) is 0 Å². The summed E-state index contributed by atoms with van der Waals surface area (Å²) in [5.41, 5.74) is 1.02. The third-order valence-electron chi connectivity index (χ3n) is 5.56. The third-order valence-corrected chi connectivity index (χ3v) is 7.84. The number of para-hydroxylation sites is 1. The molecule has 0 radical (unpaired) electrons. The molecule has 0 bridgehead atoms. The molecule has 0 aliphatic rings. The first kappa shape index (κ1) is 28.5. The van der Waals surface area contributed by atoms with Gasteiger partial charge in [-0.25, -0.2) is 8.42 Å². The molecule has 7 nitrogen and oxygen atoms in total. The van der Waals surface area contributed by atoms with Crippen LogP contribution in [-0.2, 0) is 26.2 Å². The van der Waals surface area contributed by atoms with Crippen LogP contribution >= 0.6 is 23.2 Å². The summed E-state index contributed by atoms with van der Waals surface area (Å²) in [6.07, 6.45) is 0. The summed E-state index contributed by atoms with van der Waals surface area (Å²) >= 11 is 12.1. The van der Waals surface area contributed by atoms with Gasteiger partial charge in [0.1, 0.15) is 12.6 Å². The molecule has 3 aromatic rings. The number of halogens is 2. The molecule has 3 aromatic carbocycles. The van der Waals surface area contributed by atoms with Crippen LogP contribution < -0.4 is 9.62 Å². The van der Waals surface area contributed by atoms with Gasteiger partial charge in [-0.15, -0.1) is 0 Å². The number of nitrogens with one attached hydrogen (secondary N) is 1. The SMILES string of the molecule is CC(C)NC(=O)C(C)N(Cc1cccc(Cl)c1)C(=O)CN(c1ccccc1)S(=O)(=O)c1ccc(Cl)cc1. The van der Waals surface area contributed by atoms with Crippen LogP contribution in [0, 0.1) is 0 Å². The Balaban J connectivity index is 2.00. The maximum atomic E-state index is 13.8. The van der Waals surface area contributed by atoms with E-state index in [1.807, 2.05) is 13.8 Å². The first-order valence-corrected chi connectivity index (χ1v) is 13.9. The van der Waals surface area contributed by atoms with Gasteiger partial charge in [-0.3, -0.25) is 13.9 Å². The van der Waals surface area contributed by atoms with E-state index in [4.69, 9.17) is 23.2 Å². The Labute approximate surface area is 228 Å². The summed E-state index contributed by atoms with van der Waals surface area (Å²) < 4.78 is 28.4. The first-order chi connectivity index (χ1) is 17.5. The van der Waals surface area contributed by atoms with E-state index in [1.165, 1.54) is 29.2 Å². The summed E-state index contributed by atoms with van der Waals surface area (Å²) in [7, 11) is -4.14. The molecule has 0 aromatic heterocycles. The van der Waals surface area contributed by atoms with Crippen LogP contribution in [0.3, 0.4) is 0 Å². The average Bonchev–Trinajstić information content (AvgIpc) is 2.85. The second-order valence-electron chi connectivity index (χ2n) is 8.79. The monoisotopic (exact) mass is 561 g/mol. The van der Waals surface area contributed by atoms with Crippen molar-refractivity contribution in [2.75, 3.05) is 10.8 Å². The smallest absolute Gasteiger partial charge is 0.264 e. The lowest BCUT2D eigenvalue weighted by molar-refractivity contribution is -0.139. The van der Waals surface area contributed by atoms with E-state index in [-0.39, 0.29) is 23.4 Å². The van der Waals surface area contributed by atoms with Crippen molar-refractivity contribution in [2.45, 2.75) is 44.3 Å². The summed E-state index contributed by atoms with van der Waals surface area (Å²) in [4.78, 5) is 28.0. The molecule has 0 saturated carbocycles. The highest BCUT2D eigenvalue weighted by atomic mass is 35.5. The standard InChI is InChI=1S/C27H29Cl2N3O4S/c1-19(2)30-27(34)20(3)31(17-21-8-7-9-23(29)16-21)26(33)18-32(24-10-5-4-6-11-24)37(35,36)25-14-12-22(28)13-15-25/h4-16,19-20H,17-18H2,1-3H3,(H,30,34). The fraction of sp³-hybridized carbons (Fsp3) is 0.259. The number of carbonyl (C=O) groups is 2. The molecule has 1 atom stereocenters. The molecular weight excluding hydrogens is 533 g/mol. The highest BCUT2D eigenvalue weighted by Crippen LogP contribution is 2.25. The number of sulfonamides is 1. The number of hydrogen-bond donors (Lipinski definition) is 1. The molecule has 1 N–H and O–H groups in total. The zero-order chi connectivity index (χ0) is 27.2. The van der Waals surface area contributed by atoms with Crippen molar-refractivity contribution in [1.82, 2.24) is 10.2 Å². The fourth-order valence-electron chi connectivity index (χ4n) is 3.68. The topological polar surface area (TPSA) is 86.8 Å². The van der Waals surface area contributed by atoms with Crippen LogP contribution in [0.5, 0.6) is 0 Å². The van der Waals surface area contributed by atoms with E-state index in [2.05, 4.69) is 5.32 Å². The summed E-state index contributed by atoms with van der Waals surface area (Å²) in [5.74, 6) is -0.898. The summed E-state index contributed by atoms with van der Waals surface area (Å²) in [6, 6.07) is 20.0. The number of amides is 2. The molecule has 3 rings (SSSR count). The first-order valence-electron chi connectivity index (χ1n) is 11.7. The Hall–Kier alpha value is -3.07. The highest BCUT2D eigenvalue weighted by molar-refractivity contribution is 7.92. The predicted molar refractivity (Wildman–Crippen MR) is 147 cm³/mol. The molecule has 0 heterocycles. The van der Waals surface area contributed by atoms with Crippen LogP contribution in [0.2, 0.25) is 10.0 Å². The summed E-state index contributed by atoms with van der Waals surface area (Å²) in [6.45, 7) is 4.80. The average molecular weight is 563 g/mol. The quantitative estimate of drug-likeness (QED) is 0.371. The number of anilines is 1. The van der Waals surface area contributed by atoms with E-state index in [1.54, 1.807) is 61.5 Å². The van der Waals surface area contributed by atoms with Crippen LogP contribution in [-0.4, -0.2) is 43.8 Å². The Kier molecular flexibility index (Phi) is 9.59. The molecule has 196 valence electrons. The third kappa shape index (κ3) is 7.47. The van der Waals surface area contributed by atoms with Gasteiger partial charge in [0.2, 0.25) is 11.8 Å². The Morgan fingerprint density at radius 3 is 2.11 bits per heavy atom. The summed E-state index contributed by atoms with van der Waals surface area (Å²) in [5, 5.41) is 3.69. The van der Waals surface area contributed by atoms with Crippen molar-refractivity contribution in [3.05, 3.63) is 94.5 Å². The van der Waals surface area contributed by atoms with Gasteiger partial charge in [0.05, 0.1) is 10.6 Å². The van der Waals surface area contributed by atoms with E-state index in [0.29, 0.717) is 21.3 Å². The van der Waals surface area contributed by atoms with Crippen LogP contribution in [0.4, 0.5) is 5.69 Å². The molecule has 1 unspecified atom stereocenters. The molecule has 0 aliphatic heterocycles. The van der Waals surface area contributed by atoms with E-state index in [9.17, 15) is 18.0 Å². The van der Waals surface area contributed by atoms with Gasteiger partial charge in [-0.05, 0) is 74.9 Å².